The van der Waals surface area contributed by atoms with Gasteiger partial charge in [0.1, 0.15) is 6.33 Å². The molecule has 0 fully saturated rings. The summed E-state index contributed by atoms with van der Waals surface area (Å²) in [5.41, 5.74) is 2.63. The fraction of sp³-hybridized carbons (Fsp3) is 0.348. The Balaban J connectivity index is 1.65. The molecule has 0 aliphatic heterocycles. The van der Waals surface area contributed by atoms with Gasteiger partial charge in [0.15, 0.2) is 0 Å². The number of ether oxygens (including phenoxy) is 2. The van der Waals surface area contributed by atoms with Crippen molar-refractivity contribution in [2.45, 2.75) is 20.3 Å². The van der Waals surface area contributed by atoms with E-state index in [1.54, 1.807) is 51.3 Å². The van der Waals surface area contributed by atoms with Crippen LogP contribution in [-0.4, -0.2) is 55.3 Å². The monoisotopic (exact) mass is 501 g/mol. The van der Waals surface area contributed by atoms with E-state index in [9.17, 15) is 13.2 Å². The lowest BCUT2D eigenvalue weighted by molar-refractivity contribution is 0.0589. The molecule has 35 heavy (non-hydrogen) atoms. The molecule has 1 aliphatic carbocycles. The summed E-state index contributed by atoms with van der Waals surface area (Å²) < 4.78 is 46.6. The molecule has 2 aromatic heterocycles. The number of H-pyrrole nitrogens is 1. The third-order valence-electron chi connectivity index (χ3n) is 5.69. The number of hydrogen-bond donors (Lipinski definition) is 2. The van der Waals surface area contributed by atoms with Crippen molar-refractivity contribution in [2.75, 3.05) is 31.7 Å². The lowest BCUT2D eigenvalue weighted by Gasteiger charge is -2.22. The van der Waals surface area contributed by atoms with Crippen LogP contribution >= 0.6 is 0 Å². The van der Waals surface area contributed by atoms with Gasteiger partial charge in [-0.25, -0.2) is 17.9 Å². The van der Waals surface area contributed by atoms with Gasteiger partial charge in [0.2, 0.25) is 5.88 Å². The van der Waals surface area contributed by atoms with E-state index in [0.29, 0.717) is 54.3 Å². The van der Waals surface area contributed by atoms with Crippen molar-refractivity contribution in [3.05, 3.63) is 75.0 Å². The van der Waals surface area contributed by atoms with E-state index in [0.717, 1.165) is 0 Å². The number of benzene rings is 1. The third-order valence-corrected chi connectivity index (χ3v) is 7.08. The first kappa shape index (κ1) is 24.6. The molecule has 1 atom stereocenters. The fourth-order valence-corrected chi connectivity index (χ4v) is 5.05. The lowest BCUT2D eigenvalue weighted by atomic mass is 9.93. The predicted molar refractivity (Wildman–Crippen MR) is 130 cm³/mol. The Bertz CT molecular complexity index is 1400. The summed E-state index contributed by atoms with van der Waals surface area (Å²) in [5.74, 6) is -0.0591. The molecule has 1 aliphatic rings. The summed E-state index contributed by atoms with van der Waals surface area (Å²) >= 11 is 0. The van der Waals surface area contributed by atoms with Gasteiger partial charge in [0.25, 0.3) is 10.0 Å². The van der Waals surface area contributed by atoms with Crippen molar-refractivity contribution < 1.29 is 22.4 Å². The summed E-state index contributed by atoms with van der Waals surface area (Å²) in [6, 6.07) is 6.93. The predicted octanol–water partition coefficient (Wildman–Crippen LogP) is 2.56. The molecule has 4 rings (SSSR count). The molecule has 0 amide bonds. The Kier molecular flexibility index (Phi) is 7.34. The molecule has 1 unspecified atom stereocenters. The van der Waals surface area contributed by atoms with Crippen LogP contribution in [0.5, 0.6) is 0 Å². The first-order chi connectivity index (χ1) is 16.8. The van der Waals surface area contributed by atoms with Gasteiger partial charge < -0.3 is 14.0 Å². The van der Waals surface area contributed by atoms with Crippen LogP contribution in [0.15, 0.2) is 57.0 Å². The highest BCUT2D eigenvalue weighted by Crippen LogP contribution is 2.35. The number of aromatic amines is 1. The second kappa shape index (κ2) is 10.4. The summed E-state index contributed by atoms with van der Waals surface area (Å²) in [6.45, 7) is 4.70. The third kappa shape index (κ3) is 5.45. The number of hydrogen-bond acceptors (Lipinski definition) is 8. The van der Waals surface area contributed by atoms with Gasteiger partial charge in [-0.15, -0.1) is 0 Å². The van der Waals surface area contributed by atoms with Crippen LogP contribution < -0.4 is 10.4 Å². The highest BCUT2D eigenvalue weighted by atomic mass is 32.2. The zero-order valence-corrected chi connectivity index (χ0v) is 20.5. The average Bonchev–Trinajstić information content (AvgIpc) is 3.42. The van der Waals surface area contributed by atoms with E-state index in [2.05, 4.69) is 20.0 Å². The van der Waals surface area contributed by atoms with Gasteiger partial charge in [-0.05, 0) is 43.5 Å². The number of allylic oxidation sites excluding steroid dienone is 2. The molecule has 1 aromatic carbocycles. The van der Waals surface area contributed by atoms with Gasteiger partial charge in [-0.3, -0.25) is 4.98 Å². The highest BCUT2D eigenvalue weighted by Gasteiger charge is 2.29. The number of nitrogens with zero attached hydrogens (tertiary/aromatic N) is 3. The minimum atomic E-state index is -4.01. The molecular formula is C23H27N5O6S. The maximum absolute atomic E-state index is 13.5. The Morgan fingerprint density at radius 1 is 1.23 bits per heavy atom. The lowest BCUT2D eigenvalue weighted by Crippen LogP contribution is -2.21. The maximum atomic E-state index is 13.5. The van der Waals surface area contributed by atoms with Crippen molar-refractivity contribution in [2.24, 2.45) is 5.92 Å². The Morgan fingerprint density at radius 3 is 2.63 bits per heavy atom. The molecule has 2 N–H and O–H groups in total. The molecule has 3 aromatic rings. The van der Waals surface area contributed by atoms with Gasteiger partial charge in [-0.2, -0.15) is 9.78 Å². The SMILES string of the molecule is COCCOCC1C=C(S(=O)(=O)Nc2onc(C)c2C)C(c2ccc(-n3nc[nH]c3=O)cc2)=CC1. The molecule has 2 heterocycles. The summed E-state index contributed by atoms with van der Waals surface area (Å²) in [7, 11) is -2.42. The molecule has 0 spiro atoms. The average molecular weight is 502 g/mol. The molecule has 0 saturated carbocycles. The number of methoxy groups -OCH3 is 1. The summed E-state index contributed by atoms with van der Waals surface area (Å²) in [5, 5.41) is 7.80. The second-order valence-corrected chi connectivity index (χ2v) is 9.74. The van der Waals surface area contributed by atoms with Crippen molar-refractivity contribution in [3.8, 4) is 5.69 Å². The van der Waals surface area contributed by atoms with Gasteiger partial charge in [0, 0.05) is 18.6 Å². The minimum Gasteiger partial charge on any atom is -0.382 e. The van der Waals surface area contributed by atoms with E-state index in [1.165, 1.54) is 11.0 Å². The van der Waals surface area contributed by atoms with Crippen molar-refractivity contribution in [1.82, 2.24) is 19.9 Å². The van der Waals surface area contributed by atoms with Crippen molar-refractivity contribution in [1.29, 1.82) is 0 Å². The van der Waals surface area contributed by atoms with Crippen molar-refractivity contribution in [3.63, 3.8) is 0 Å². The van der Waals surface area contributed by atoms with Gasteiger partial charge in [-0.1, -0.05) is 29.4 Å². The standard InChI is InChI=1S/C23H27N5O6S/c1-15-16(2)26-34-22(15)27-35(30,31)21-12-17(13-33-11-10-32-3)4-9-20(21)18-5-7-19(8-6-18)28-23(29)24-14-25-28/h5-9,12,14,17,27H,4,10-11,13H2,1-3H3,(H,24,25,29). The van der Waals surface area contributed by atoms with Crippen LogP contribution in [0.1, 0.15) is 23.2 Å². The van der Waals surface area contributed by atoms with Crippen LogP contribution in [0.3, 0.4) is 0 Å². The smallest absolute Gasteiger partial charge is 0.347 e. The molecular weight excluding hydrogens is 474 g/mol. The van der Waals surface area contributed by atoms with Crippen LogP contribution in [0.2, 0.25) is 0 Å². The van der Waals surface area contributed by atoms with E-state index in [-0.39, 0.29) is 22.4 Å². The number of aryl methyl sites for hydroxylation is 1. The normalized spacial score (nSPS) is 16.1. The summed E-state index contributed by atoms with van der Waals surface area (Å²) in [6.07, 6.45) is 5.49. The number of aromatic nitrogens is 4. The quantitative estimate of drug-likeness (QED) is 0.404. The molecule has 0 bridgehead atoms. The Hall–Kier alpha value is -3.48. The molecule has 0 radical (unpaired) electrons. The van der Waals surface area contributed by atoms with Crippen molar-refractivity contribution >= 4 is 21.5 Å². The van der Waals surface area contributed by atoms with E-state index < -0.39 is 10.0 Å². The van der Waals surface area contributed by atoms with Crippen LogP contribution in [0.4, 0.5) is 5.88 Å². The number of nitrogens with one attached hydrogen (secondary N) is 2. The topological polar surface area (TPSA) is 141 Å². The first-order valence-corrected chi connectivity index (χ1v) is 12.5. The van der Waals surface area contributed by atoms with E-state index in [1.807, 2.05) is 6.08 Å². The van der Waals surface area contributed by atoms with Gasteiger partial charge in [0.05, 0.1) is 36.1 Å². The van der Waals surface area contributed by atoms with Crippen LogP contribution in [0.25, 0.3) is 11.3 Å². The molecule has 186 valence electrons. The first-order valence-electron chi connectivity index (χ1n) is 11.0. The highest BCUT2D eigenvalue weighted by molar-refractivity contribution is 7.97. The van der Waals surface area contributed by atoms with Crippen LogP contribution in [0, 0.1) is 19.8 Å². The molecule has 11 nitrogen and oxygen atoms in total. The minimum absolute atomic E-state index is 0.0782. The zero-order valence-electron chi connectivity index (χ0n) is 19.6. The van der Waals surface area contributed by atoms with Gasteiger partial charge >= 0.3 is 5.69 Å². The Labute approximate surface area is 202 Å². The van der Waals surface area contributed by atoms with E-state index in [4.69, 9.17) is 14.0 Å². The number of anilines is 1. The summed E-state index contributed by atoms with van der Waals surface area (Å²) in [4.78, 5) is 14.5. The number of sulfonamides is 1. The Morgan fingerprint density at radius 2 is 2.00 bits per heavy atom. The second-order valence-electron chi connectivity index (χ2n) is 8.09. The largest absolute Gasteiger partial charge is 0.382 e. The maximum Gasteiger partial charge on any atom is 0.347 e. The van der Waals surface area contributed by atoms with Crippen LogP contribution in [-0.2, 0) is 19.5 Å². The zero-order chi connectivity index (χ0) is 25.0. The fourth-order valence-electron chi connectivity index (χ4n) is 3.64. The molecule has 12 heteroatoms. The number of rotatable bonds is 10. The van der Waals surface area contributed by atoms with E-state index >= 15 is 0 Å². The molecule has 0 saturated heterocycles.